The van der Waals surface area contributed by atoms with Crippen molar-refractivity contribution in [1.82, 2.24) is 4.98 Å². The predicted molar refractivity (Wildman–Crippen MR) is 77.8 cm³/mol. The minimum absolute atomic E-state index is 0.0158. The van der Waals surface area contributed by atoms with Gasteiger partial charge in [-0.1, -0.05) is 11.6 Å². The normalized spacial score (nSPS) is 16.6. The highest BCUT2D eigenvalue weighted by atomic mass is 35.5. The molecule has 1 heterocycles. The Hall–Kier alpha value is -1.34. The zero-order valence-electron chi connectivity index (χ0n) is 11.2. The second-order valence-corrected chi connectivity index (χ2v) is 6.47. The Morgan fingerprint density at radius 1 is 1.32 bits per heavy atom. The zero-order valence-corrected chi connectivity index (χ0v) is 12.7. The number of thiazole rings is 1. The van der Waals surface area contributed by atoms with E-state index in [2.05, 4.69) is 10.3 Å². The van der Waals surface area contributed by atoms with Gasteiger partial charge in [0.25, 0.3) is 0 Å². The van der Waals surface area contributed by atoms with Crippen LogP contribution in [0.3, 0.4) is 0 Å². The monoisotopic (exact) mass is 350 g/mol. The number of rotatable bonds is 4. The van der Waals surface area contributed by atoms with Crippen molar-refractivity contribution >= 4 is 28.6 Å². The van der Waals surface area contributed by atoms with E-state index in [4.69, 9.17) is 11.6 Å². The maximum atomic E-state index is 13.0. The fourth-order valence-electron chi connectivity index (χ4n) is 2.15. The number of hydrogen-bond acceptors (Lipinski definition) is 3. The molecule has 1 aliphatic rings. The van der Waals surface area contributed by atoms with Crippen LogP contribution in [0.5, 0.6) is 0 Å². The summed E-state index contributed by atoms with van der Waals surface area (Å²) in [6.45, 7) is 0.256. The second-order valence-electron chi connectivity index (χ2n) is 5.21. The third-order valence-electron chi connectivity index (χ3n) is 3.65. The lowest BCUT2D eigenvalue weighted by Crippen LogP contribution is -2.28. The maximum Gasteiger partial charge on any atom is 0.400 e. The number of benzene rings is 1. The molecule has 1 N–H and O–H groups in total. The fraction of sp³-hybridized carbons (Fsp3) is 0.357. The van der Waals surface area contributed by atoms with E-state index in [0.29, 0.717) is 11.4 Å². The van der Waals surface area contributed by atoms with Crippen LogP contribution in [-0.4, -0.2) is 11.2 Å². The molecule has 1 saturated carbocycles. The smallest absolute Gasteiger partial charge is 0.379 e. The summed E-state index contributed by atoms with van der Waals surface area (Å²) in [6.07, 6.45) is -4.05. The Morgan fingerprint density at radius 2 is 2.05 bits per heavy atom. The van der Waals surface area contributed by atoms with Gasteiger partial charge in [-0.3, -0.25) is 0 Å². The number of hydrogen-bond donors (Lipinski definition) is 1. The minimum atomic E-state index is -4.25. The van der Waals surface area contributed by atoms with E-state index in [1.807, 2.05) is 0 Å². The van der Waals surface area contributed by atoms with Crippen LogP contribution in [0.4, 0.5) is 23.2 Å². The highest BCUT2D eigenvalue weighted by Crippen LogP contribution is 2.59. The minimum Gasteiger partial charge on any atom is -0.379 e. The summed E-state index contributed by atoms with van der Waals surface area (Å²) < 4.78 is 52.1. The molecule has 1 aliphatic carbocycles. The van der Waals surface area contributed by atoms with Gasteiger partial charge in [-0.15, -0.1) is 11.3 Å². The van der Waals surface area contributed by atoms with E-state index in [1.165, 1.54) is 18.2 Å². The molecular weight excluding hydrogens is 340 g/mol. The van der Waals surface area contributed by atoms with Crippen molar-refractivity contribution in [2.45, 2.75) is 31.0 Å². The standard InChI is InChI=1S/C14H11ClF4N2S/c15-10-5-8(1-2-11(10)16)20-6-9-7-22-12(21-9)13(3-4-13)14(17,18)19/h1-2,5,7,20H,3-4,6H2. The summed E-state index contributed by atoms with van der Waals surface area (Å²) in [6, 6.07) is 4.15. The molecule has 0 radical (unpaired) electrons. The first-order chi connectivity index (χ1) is 10.3. The Kier molecular flexibility index (Phi) is 3.81. The molecule has 1 fully saturated rings. The lowest BCUT2D eigenvalue weighted by molar-refractivity contribution is -0.160. The van der Waals surface area contributed by atoms with E-state index in [1.54, 1.807) is 5.38 Å². The van der Waals surface area contributed by atoms with Gasteiger partial charge in [0.15, 0.2) is 0 Å². The van der Waals surface area contributed by atoms with Crippen LogP contribution >= 0.6 is 22.9 Å². The van der Waals surface area contributed by atoms with Gasteiger partial charge in [0.05, 0.1) is 17.3 Å². The molecule has 0 bridgehead atoms. The van der Waals surface area contributed by atoms with E-state index >= 15 is 0 Å². The van der Waals surface area contributed by atoms with Crippen molar-refractivity contribution in [2.75, 3.05) is 5.32 Å². The lowest BCUT2D eigenvalue weighted by atomic mass is 10.1. The van der Waals surface area contributed by atoms with Crippen molar-refractivity contribution < 1.29 is 17.6 Å². The molecule has 0 spiro atoms. The molecule has 0 atom stereocenters. The number of aromatic nitrogens is 1. The number of halogens is 5. The number of alkyl halides is 3. The number of nitrogens with zero attached hydrogens (tertiary/aromatic N) is 1. The van der Waals surface area contributed by atoms with Crippen LogP contribution in [0.25, 0.3) is 0 Å². The van der Waals surface area contributed by atoms with Gasteiger partial charge >= 0.3 is 6.18 Å². The topological polar surface area (TPSA) is 24.9 Å². The first-order valence-electron chi connectivity index (χ1n) is 6.52. The molecule has 0 saturated heterocycles. The van der Waals surface area contributed by atoms with Crippen molar-refractivity contribution in [2.24, 2.45) is 0 Å². The molecule has 22 heavy (non-hydrogen) atoms. The van der Waals surface area contributed by atoms with E-state index < -0.39 is 17.4 Å². The van der Waals surface area contributed by atoms with Gasteiger partial charge in [-0.05, 0) is 31.0 Å². The van der Waals surface area contributed by atoms with Gasteiger partial charge in [0.1, 0.15) is 16.2 Å². The SMILES string of the molecule is Fc1ccc(NCc2csc(C3(C(F)(F)F)CC3)n2)cc1Cl. The Balaban J connectivity index is 1.69. The maximum absolute atomic E-state index is 13.0. The Morgan fingerprint density at radius 3 is 2.64 bits per heavy atom. The predicted octanol–water partition coefficient (Wildman–Crippen LogP) is 5.14. The summed E-state index contributed by atoms with van der Waals surface area (Å²) in [5, 5.41) is 4.68. The molecular formula is C14H11ClF4N2S. The molecule has 2 aromatic rings. The van der Waals surface area contributed by atoms with Crippen LogP contribution in [0.15, 0.2) is 23.6 Å². The van der Waals surface area contributed by atoms with Gasteiger partial charge in [0.2, 0.25) is 0 Å². The molecule has 0 aliphatic heterocycles. The van der Waals surface area contributed by atoms with Crippen LogP contribution in [-0.2, 0) is 12.0 Å². The van der Waals surface area contributed by atoms with E-state index in [9.17, 15) is 17.6 Å². The largest absolute Gasteiger partial charge is 0.400 e. The average molecular weight is 351 g/mol. The summed E-state index contributed by atoms with van der Waals surface area (Å²) in [5.41, 5.74) is -0.636. The van der Waals surface area contributed by atoms with Crippen molar-refractivity contribution in [1.29, 1.82) is 0 Å². The summed E-state index contributed by atoms with van der Waals surface area (Å²) in [4.78, 5) is 4.09. The lowest BCUT2D eigenvalue weighted by Gasteiger charge is -2.16. The summed E-state index contributed by atoms with van der Waals surface area (Å²) in [5.74, 6) is -0.524. The van der Waals surface area contributed by atoms with E-state index in [0.717, 1.165) is 11.3 Å². The zero-order chi connectivity index (χ0) is 16.0. The fourth-order valence-corrected chi connectivity index (χ4v) is 3.43. The van der Waals surface area contributed by atoms with Gasteiger partial charge in [-0.2, -0.15) is 13.2 Å². The third kappa shape index (κ3) is 2.79. The highest BCUT2D eigenvalue weighted by Gasteiger charge is 2.66. The number of nitrogens with one attached hydrogen (secondary N) is 1. The molecule has 0 unspecified atom stereocenters. The number of anilines is 1. The van der Waals surface area contributed by atoms with Crippen LogP contribution in [0.1, 0.15) is 23.5 Å². The molecule has 0 amide bonds. The second kappa shape index (κ2) is 5.38. The van der Waals surface area contributed by atoms with Crippen LogP contribution in [0.2, 0.25) is 5.02 Å². The Bertz CT molecular complexity index is 694. The van der Waals surface area contributed by atoms with Crippen molar-refractivity contribution in [3.8, 4) is 0 Å². The average Bonchev–Trinajstić information content (AvgIpc) is 3.14. The summed E-state index contributed by atoms with van der Waals surface area (Å²) >= 11 is 6.69. The first-order valence-corrected chi connectivity index (χ1v) is 7.78. The van der Waals surface area contributed by atoms with Gasteiger partial charge in [-0.25, -0.2) is 9.37 Å². The quantitative estimate of drug-likeness (QED) is 0.772. The van der Waals surface area contributed by atoms with Crippen molar-refractivity contribution in [3.63, 3.8) is 0 Å². The molecule has 2 nitrogen and oxygen atoms in total. The third-order valence-corrected chi connectivity index (χ3v) is 5.03. The first kappa shape index (κ1) is 15.6. The van der Waals surface area contributed by atoms with Crippen LogP contribution in [0, 0.1) is 5.82 Å². The van der Waals surface area contributed by atoms with Crippen LogP contribution < -0.4 is 5.32 Å². The van der Waals surface area contributed by atoms with Gasteiger partial charge in [0, 0.05) is 11.1 Å². The molecule has 1 aromatic heterocycles. The molecule has 1 aromatic carbocycles. The van der Waals surface area contributed by atoms with Gasteiger partial charge < -0.3 is 5.32 Å². The van der Waals surface area contributed by atoms with E-state index in [-0.39, 0.29) is 29.4 Å². The summed E-state index contributed by atoms with van der Waals surface area (Å²) in [7, 11) is 0. The molecule has 3 rings (SSSR count). The highest BCUT2D eigenvalue weighted by molar-refractivity contribution is 7.09. The molecule has 8 heteroatoms. The van der Waals surface area contributed by atoms with Crippen molar-refractivity contribution in [3.05, 3.63) is 45.1 Å². The Labute approximate surface area is 133 Å². The molecule has 118 valence electrons.